The van der Waals surface area contributed by atoms with Crippen molar-refractivity contribution in [3.63, 3.8) is 0 Å². The number of rotatable bonds is 10. The molecule has 0 N–H and O–H groups in total. The van der Waals surface area contributed by atoms with Gasteiger partial charge in [0.25, 0.3) is 0 Å². The summed E-state index contributed by atoms with van der Waals surface area (Å²) >= 11 is 0. The van der Waals surface area contributed by atoms with Crippen LogP contribution in [0.4, 0.5) is 0 Å². The molecule has 0 atom stereocenters. The van der Waals surface area contributed by atoms with Crippen molar-refractivity contribution in [3.8, 4) is 106 Å². The molecule has 3 heterocycles. The van der Waals surface area contributed by atoms with Crippen LogP contribution in [0.5, 0.6) is 5.75 Å². The number of aryl methyl sites for hydroxylation is 3. The third-order valence-electron chi connectivity index (χ3n) is 12.2. The Bertz CT molecular complexity index is 3130. The predicted molar refractivity (Wildman–Crippen MR) is 270 cm³/mol. The van der Waals surface area contributed by atoms with Gasteiger partial charge in [-0.05, 0) is 147 Å². The van der Waals surface area contributed by atoms with Crippen molar-refractivity contribution in [2.45, 2.75) is 20.8 Å². The molecule has 7 aromatic carbocycles. The van der Waals surface area contributed by atoms with E-state index in [0.29, 0.717) is 0 Å². The first-order chi connectivity index (χ1) is 31.9. The van der Waals surface area contributed by atoms with E-state index in [-0.39, 0.29) is 0 Å². The van der Waals surface area contributed by atoms with Gasteiger partial charge in [-0.3, -0.25) is 15.0 Å². The van der Waals surface area contributed by atoms with Crippen LogP contribution in [0.25, 0.3) is 101 Å². The molecule has 0 bridgehead atoms. The van der Waals surface area contributed by atoms with Gasteiger partial charge in [-0.2, -0.15) is 0 Å². The first-order valence-corrected chi connectivity index (χ1v) is 22.0. The Hall–Kier alpha value is -8.21. The molecule has 0 amide bonds. The van der Waals surface area contributed by atoms with Crippen LogP contribution in [-0.4, -0.2) is 22.1 Å². The monoisotopic (exact) mass is 837 g/mol. The van der Waals surface area contributed by atoms with Crippen molar-refractivity contribution in [2.24, 2.45) is 0 Å². The van der Waals surface area contributed by atoms with E-state index in [1.165, 1.54) is 0 Å². The SMILES string of the molecule is COc1cc(-c2ccc(C)cn2)ccc1-c1ccccc1-c1cc(-c2ccccc2-c2ccc(-c3ccc(C)cn3)cc2)cc(-c2ccccc2-c2ccc(-c3ccc(C)cn3)cc2)c1. The second-order valence-electron chi connectivity index (χ2n) is 16.7. The summed E-state index contributed by atoms with van der Waals surface area (Å²) in [5.41, 5.74) is 22.9. The number of pyridine rings is 3. The molecule has 0 fully saturated rings. The molecule has 0 spiro atoms. The molecule has 0 saturated heterocycles. The second kappa shape index (κ2) is 17.9. The molecular formula is C61H47N3O. The van der Waals surface area contributed by atoms with Crippen molar-refractivity contribution < 1.29 is 4.74 Å². The fraction of sp³-hybridized carbons (Fsp3) is 0.0656. The molecule has 4 heteroatoms. The summed E-state index contributed by atoms with van der Waals surface area (Å²) in [5, 5.41) is 0. The average molecular weight is 838 g/mol. The van der Waals surface area contributed by atoms with Gasteiger partial charge in [0, 0.05) is 40.8 Å². The van der Waals surface area contributed by atoms with Gasteiger partial charge in [-0.15, -0.1) is 0 Å². The Kier molecular flexibility index (Phi) is 11.2. The highest BCUT2D eigenvalue weighted by atomic mass is 16.5. The van der Waals surface area contributed by atoms with Crippen LogP contribution in [0.3, 0.4) is 0 Å². The third-order valence-corrected chi connectivity index (χ3v) is 12.2. The quantitative estimate of drug-likeness (QED) is 0.138. The van der Waals surface area contributed by atoms with Gasteiger partial charge in [0.2, 0.25) is 0 Å². The lowest BCUT2D eigenvalue weighted by molar-refractivity contribution is 0.416. The predicted octanol–water partition coefficient (Wildman–Crippen LogP) is 15.8. The smallest absolute Gasteiger partial charge is 0.127 e. The topological polar surface area (TPSA) is 47.9 Å². The lowest BCUT2D eigenvalue weighted by atomic mass is 9.86. The van der Waals surface area contributed by atoms with Gasteiger partial charge in [-0.1, -0.05) is 146 Å². The molecular weight excluding hydrogens is 791 g/mol. The molecule has 10 aromatic rings. The summed E-state index contributed by atoms with van der Waals surface area (Å²) in [6.07, 6.45) is 5.75. The molecule has 0 saturated carbocycles. The van der Waals surface area contributed by atoms with Crippen LogP contribution in [0, 0.1) is 20.8 Å². The maximum Gasteiger partial charge on any atom is 0.127 e. The molecule has 312 valence electrons. The average Bonchev–Trinajstić information content (AvgIpc) is 3.37. The van der Waals surface area contributed by atoms with E-state index in [1.807, 2.05) is 18.6 Å². The zero-order chi connectivity index (χ0) is 44.3. The Morgan fingerprint density at radius 1 is 0.277 bits per heavy atom. The summed E-state index contributed by atoms with van der Waals surface area (Å²) in [4.78, 5) is 14.1. The van der Waals surface area contributed by atoms with Crippen molar-refractivity contribution >= 4 is 0 Å². The van der Waals surface area contributed by atoms with E-state index in [1.54, 1.807) is 7.11 Å². The standard InChI is InChI=1S/C61H47N3O/c1-40-17-30-58(62-37-40)45-24-20-43(21-25-45)51-11-5-7-13-53(51)48-33-49(54-14-8-6-12-52(54)44-22-26-46(27-23-44)59-31-18-41(2)38-63-59)35-50(34-48)55-15-9-10-16-56(55)57-29-28-47(36-61(57)65-4)60-32-19-42(3)39-64-60/h5-39H,1-4H3. The number of hydrogen-bond donors (Lipinski definition) is 0. The van der Waals surface area contributed by atoms with Crippen molar-refractivity contribution in [1.29, 1.82) is 0 Å². The number of nitrogens with zero attached hydrogens (tertiary/aromatic N) is 3. The molecule has 0 unspecified atom stereocenters. The zero-order valence-electron chi connectivity index (χ0n) is 37.0. The Balaban J connectivity index is 1.12. The van der Waals surface area contributed by atoms with E-state index in [9.17, 15) is 0 Å². The van der Waals surface area contributed by atoms with Gasteiger partial charge >= 0.3 is 0 Å². The van der Waals surface area contributed by atoms with Gasteiger partial charge in [0.05, 0.1) is 24.2 Å². The van der Waals surface area contributed by atoms with Crippen LogP contribution in [-0.2, 0) is 0 Å². The van der Waals surface area contributed by atoms with Gasteiger partial charge in [-0.25, -0.2) is 0 Å². The molecule has 65 heavy (non-hydrogen) atoms. The normalized spacial score (nSPS) is 11.1. The summed E-state index contributed by atoms with van der Waals surface area (Å²) in [7, 11) is 1.74. The summed E-state index contributed by atoms with van der Waals surface area (Å²) in [5.74, 6) is 0.790. The minimum atomic E-state index is 0.790. The lowest BCUT2D eigenvalue weighted by Crippen LogP contribution is -1.94. The third kappa shape index (κ3) is 8.50. The van der Waals surface area contributed by atoms with Crippen LogP contribution >= 0.6 is 0 Å². The van der Waals surface area contributed by atoms with Crippen LogP contribution < -0.4 is 4.74 Å². The summed E-state index contributed by atoms with van der Waals surface area (Å²) < 4.78 is 6.14. The molecule has 0 aliphatic rings. The molecule has 10 rings (SSSR count). The Morgan fingerprint density at radius 2 is 0.600 bits per heavy atom. The molecule has 0 aliphatic heterocycles. The zero-order valence-corrected chi connectivity index (χ0v) is 37.0. The highest BCUT2D eigenvalue weighted by Gasteiger charge is 2.18. The van der Waals surface area contributed by atoms with Crippen molar-refractivity contribution in [1.82, 2.24) is 15.0 Å². The lowest BCUT2D eigenvalue weighted by Gasteiger charge is -2.19. The first kappa shape index (κ1) is 40.8. The van der Waals surface area contributed by atoms with Crippen LogP contribution in [0.2, 0.25) is 0 Å². The minimum absolute atomic E-state index is 0.790. The Labute approximate surface area is 381 Å². The minimum Gasteiger partial charge on any atom is -0.496 e. The Morgan fingerprint density at radius 3 is 0.969 bits per heavy atom. The van der Waals surface area contributed by atoms with Gasteiger partial charge in [0.15, 0.2) is 0 Å². The molecule has 0 radical (unpaired) electrons. The molecule has 0 aliphatic carbocycles. The second-order valence-corrected chi connectivity index (χ2v) is 16.7. The van der Waals surface area contributed by atoms with Crippen LogP contribution in [0.1, 0.15) is 16.7 Å². The fourth-order valence-electron chi connectivity index (χ4n) is 8.67. The summed E-state index contributed by atoms with van der Waals surface area (Å²) in [6.45, 7) is 6.18. The molecule has 4 nitrogen and oxygen atoms in total. The maximum atomic E-state index is 6.14. The fourth-order valence-corrected chi connectivity index (χ4v) is 8.67. The largest absolute Gasteiger partial charge is 0.496 e. The maximum absolute atomic E-state index is 6.14. The van der Waals surface area contributed by atoms with E-state index < -0.39 is 0 Å². The highest BCUT2D eigenvalue weighted by molar-refractivity contribution is 5.95. The number of ether oxygens (including phenoxy) is 1. The molecule has 3 aromatic heterocycles. The number of benzene rings is 7. The highest BCUT2D eigenvalue weighted by Crippen LogP contribution is 2.44. The van der Waals surface area contributed by atoms with Crippen LogP contribution in [0.15, 0.2) is 213 Å². The van der Waals surface area contributed by atoms with E-state index in [0.717, 1.165) is 123 Å². The number of methoxy groups -OCH3 is 1. The van der Waals surface area contributed by atoms with Gasteiger partial charge in [0.1, 0.15) is 5.75 Å². The van der Waals surface area contributed by atoms with Gasteiger partial charge < -0.3 is 4.74 Å². The van der Waals surface area contributed by atoms with E-state index >= 15 is 0 Å². The summed E-state index contributed by atoms with van der Waals surface area (Å²) in [6, 6.07) is 69.6. The first-order valence-electron chi connectivity index (χ1n) is 22.0. The van der Waals surface area contributed by atoms with Crippen molar-refractivity contribution in [3.05, 3.63) is 229 Å². The number of hydrogen-bond acceptors (Lipinski definition) is 4. The van der Waals surface area contributed by atoms with Crippen molar-refractivity contribution in [2.75, 3.05) is 7.11 Å². The van der Waals surface area contributed by atoms with E-state index in [2.05, 4.69) is 215 Å². The van der Waals surface area contributed by atoms with E-state index in [4.69, 9.17) is 19.7 Å². The number of aromatic nitrogens is 3.